The van der Waals surface area contributed by atoms with Crippen LogP contribution < -0.4 is 5.32 Å². The van der Waals surface area contributed by atoms with Crippen molar-refractivity contribution in [1.29, 1.82) is 0 Å². The van der Waals surface area contributed by atoms with Crippen LogP contribution in [0.5, 0.6) is 0 Å². The Kier molecular flexibility index (Phi) is 6.13. The standard InChI is InChI=1S/C11H15NO2/c1-4-6-7-9(3)10(13)11(14)12-8-5-2/h1,5,9H,2,6-8H2,3H3,(H,12,14). The lowest BCUT2D eigenvalue weighted by Gasteiger charge is -2.07. The highest BCUT2D eigenvalue weighted by molar-refractivity contribution is 6.36. The number of amides is 1. The van der Waals surface area contributed by atoms with Crippen LogP contribution in [0.3, 0.4) is 0 Å². The lowest BCUT2D eigenvalue weighted by molar-refractivity contribution is -0.139. The van der Waals surface area contributed by atoms with Gasteiger partial charge < -0.3 is 5.32 Å². The maximum absolute atomic E-state index is 11.3. The van der Waals surface area contributed by atoms with Gasteiger partial charge >= 0.3 is 0 Å². The van der Waals surface area contributed by atoms with E-state index >= 15 is 0 Å². The van der Waals surface area contributed by atoms with Crippen LogP contribution in [0.1, 0.15) is 19.8 Å². The molecule has 0 bridgehead atoms. The maximum atomic E-state index is 11.3. The average Bonchev–Trinajstić information content (AvgIpc) is 2.21. The maximum Gasteiger partial charge on any atom is 0.287 e. The monoisotopic (exact) mass is 193 g/mol. The van der Waals surface area contributed by atoms with E-state index in [0.717, 1.165) is 0 Å². The predicted molar refractivity (Wildman–Crippen MR) is 55.4 cm³/mol. The Labute approximate surface area is 84.6 Å². The van der Waals surface area contributed by atoms with Gasteiger partial charge in [-0.1, -0.05) is 13.0 Å². The zero-order chi connectivity index (χ0) is 11.0. The number of terminal acetylenes is 1. The molecule has 0 spiro atoms. The molecule has 1 atom stereocenters. The van der Waals surface area contributed by atoms with E-state index < -0.39 is 11.7 Å². The minimum Gasteiger partial charge on any atom is -0.346 e. The predicted octanol–water partition coefficient (Wildman–Crippen LogP) is 0.907. The molecule has 1 unspecified atom stereocenters. The van der Waals surface area contributed by atoms with Gasteiger partial charge in [0.25, 0.3) is 5.91 Å². The summed E-state index contributed by atoms with van der Waals surface area (Å²) in [4.78, 5) is 22.5. The second kappa shape index (κ2) is 6.90. The van der Waals surface area contributed by atoms with Gasteiger partial charge in [0.2, 0.25) is 5.78 Å². The quantitative estimate of drug-likeness (QED) is 0.387. The van der Waals surface area contributed by atoms with E-state index in [-0.39, 0.29) is 5.92 Å². The summed E-state index contributed by atoms with van der Waals surface area (Å²) in [5.74, 6) is 1.15. The summed E-state index contributed by atoms with van der Waals surface area (Å²) in [6.45, 7) is 5.45. The number of hydrogen-bond acceptors (Lipinski definition) is 2. The molecule has 0 fully saturated rings. The van der Waals surface area contributed by atoms with Gasteiger partial charge in [-0.3, -0.25) is 9.59 Å². The molecule has 0 aromatic carbocycles. The molecule has 0 aromatic heterocycles. The molecule has 0 radical (unpaired) electrons. The second-order valence-corrected chi connectivity index (χ2v) is 3.01. The Balaban J connectivity index is 3.98. The zero-order valence-electron chi connectivity index (χ0n) is 8.38. The van der Waals surface area contributed by atoms with Crippen molar-refractivity contribution in [3.05, 3.63) is 12.7 Å². The van der Waals surface area contributed by atoms with Crippen molar-refractivity contribution in [2.75, 3.05) is 6.54 Å². The van der Waals surface area contributed by atoms with Crippen molar-refractivity contribution in [3.63, 3.8) is 0 Å². The summed E-state index contributed by atoms with van der Waals surface area (Å²) >= 11 is 0. The third kappa shape index (κ3) is 4.46. The van der Waals surface area contributed by atoms with Crippen LogP contribution in [0.2, 0.25) is 0 Å². The molecular weight excluding hydrogens is 178 g/mol. The van der Waals surface area contributed by atoms with Gasteiger partial charge in [-0.15, -0.1) is 18.9 Å². The van der Waals surface area contributed by atoms with Crippen molar-refractivity contribution >= 4 is 11.7 Å². The lowest BCUT2D eigenvalue weighted by Crippen LogP contribution is -2.34. The molecule has 3 nitrogen and oxygen atoms in total. The van der Waals surface area contributed by atoms with Crippen molar-refractivity contribution < 1.29 is 9.59 Å². The second-order valence-electron chi connectivity index (χ2n) is 3.01. The van der Waals surface area contributed by atoms with E-state index in [0.29, 0.717) is 19.4 Å². The molecule has 0 aliphatic heterocycles. The molecule has 0 saturated heterocycles. The summed E-state index contributed by atoms with van der Waals surface area (Å²) < 4.78 is 0. The fraction of sp³-hybridized carbons (Fsp3) is 0.455. The number of nitrogens with one attached hydrogen (secondary N) is 1. The first kappa shape index (κ1) is 12.4. The van der Waals surface area contributed by atoms with Crippen LogP contribution >= 0.6 is 0 Å². The van der Waals surface area contributed by atoms with Gasteiger partial charge in [-0.2, -0.15) is 0 Å². The summed E-state index contributed by atoms with van der Waals surface area (Å²) in [7, 11) is 0. The minimum atomic E-state index is -0.561. The van der Waals surface area contributed by atoms with Crippen LogP contribution in [0, 0.1) is 18.3 Å². The summed E-state index contributed by atoms with van der Waals surface area (Å²) in [6, 6.07) is 0. The Morgan fingerprint density at radius 1 is 1.64 bits per heavy atom. The van der Waals surface area contributed by atoms with Crippen molar-refractivity contribution in [3.8, 4) is 12.3 Å². The Morgan fingerprint density at radius 2 is 2.29 bits per heavy atom. The van der Waals surface area contributed by atoms with Crippen molar-refractivity contribution in [2.45, 2.75) is 19.8 Å². The molecule has 0 rings (SSSR count). The van der Waals surface area contributed by atoms with Crippen LogP contribution in [0.15, 0.2) is 12.7 Å². The smallest absolute Gasteiger partial charge is 0.287 e. The highest BCUT2D eigenvalue weighted by Gasteiger charge is 2.19. The molecule has 76 valence electrons. The van der Waals surface area contributed by atoms with Crippen molar-refractivity contribution in [1.82, 2.24) is 5.32 Å². The number of Topliss-reactive ketones (excluding diaryl/α,β-unsaturated/α-hetero) is 1. The van der Waals surface area contributed by atoms with Crippen LogP contribution in [-0.4, -0.2) is 18.2 Å². The molecule has 0 saturated carbocycles. The number of carbonyl (C=O) groups is 2. The zero-order valence-corrected chi connectivity index (χ0v) is 8.38. The topological polar surface area (TPSA) is 46.2 Å². The van der Waals surface area contributed by atoms with E-state index in [1.807, 2.05) is 0 Å². The van der Waals surface area contributed by atoms with E-state index in [4.69, 9.17) is 6.42 Å². The molecule has 14 heavy (non-hydrogen) atoms. The minimum absolute atomic E-state index is 0.309. The molecule has 0 aliphatic rings. The fourth-order valence-corrected chi connectivity index (χ4v) is 0.907. The van der Waals surface area contributed by atoms with E-state index in [2.05, 4.69) is 17.8 Å². The van der Waals surface area contributed by atoms with Gasteiger partial charge in [-0.05, 0) is 6.42 Å². The van der Waals surface area contributed by atoms with Crippen LogP contribution in [-0.2, 0) is 9.59 Å². The highest BCUT2D eigenvalue weighted by atomic mass is 16.2. The first-order valence-electron chi connectivity index (χ1n) is 4.49. The van der Waals surface area contributed by atoms with Gasteiger partial charge in [0, 0.05) is 18.9 Å². The van der Waals surface area contributed by atoms with Gasteiger partial charge in [0.1, 0.15) is 0 Å². The SMILES string of the molecule is C#CCCC(C)C(=O)C(=O)NCC=C. The number of ketones is 1. The number of rotatable bonds is 6. The Morgan fingerprint density at radius 3 is 2.79 bits per heavy atom. The molecular formula is C11H15NO2. The van der Waals surface area contributed by atoms with Crippen molar-refractivity contribution in [2.24, 2.45) is 5.92 Å². The summed E-state index contributed by atoms with van der Waals surface area (Å²) in [5.41, 5.74) is 0. The Hall–Kier alpha value is -1.56. The number of carbonyl (C=O) groups excluding carboxylic acids is 2. The third-order valence-corrected chi connectivity index (χ3v) is 1.80. The lowest BCUT2D eigenvalue weighted by atomic mass is 10.0. The third-order valence-electron chi connectivity index (χ3n) is 1.80. The highest BCUT2D eigenvalue weighted by Crippen LogP contribution is 2.05. The van der Waals surface area contributed by atoms with Crippen LogP contribution in [0.25, 0.3) is 0 Å². The largest absolute Gasteiger partial charge is 0.346 e. The Bertz CT molecular complexity index is 263. The van der Waals surface area contributed by atoms with E-state index in [1.54, 1.807) is 6.92 Å². The van der Waals surface area contributed by atoms with Gasteiger partial charge in [0.15, 0.2) is 0 Å². The summed E-state index contributed by atoms with van der Waals surface area (Å²) in [6.07, 6.45) is 7.65. The molecule has 0 heterocycles. The molecule has 3 heteroatoms. The normalized spacial score (nSPS) is 11.1. The van der Waals surface area contributed by atoms with E-state index in [1.165, 1.54) is 6.08 Å². The summed E-state index contributed by atoms with van der Waals surface area (Å²) in [5, 5.41) is 2.43. The van der Waals surface area contributed by atoms with Gasteiger partial charge in [-0.25, -0.2) is 0 Å². The average molecular weight is 193 g/mol. The first-order chi connectivity index (χ1) is 6.63. The molecule has 0 aliphatic carbocycles. The molecule has 0 aromatic rings. The number of hydrogen-bond donors (Lipinski definition) is 1. The first-order valence-corrected chi connectivity index (χ1v) is 4.49. The van der Waals surface area contributed by atoms with Gasteiger partial charge in [0.05, 0.1) is 0 Å². The fourth-order valence-electron chi connectivity index (χ4n) is 0.907. The van der Waals surface area contributed by atoms with Crippen LogP contribution in [0.4, 0.5) is 0 Å². The molecule has 1 amide bonds. The van der Waals surface area contributed by atoms with E-state index in [9.17, 15) is 9.59 Å². The molecule has 1 N–H and O–H groups in total.